The third kappa shape index (κ3) is 14.7. The number of rotatable bonds is 17. The molecule has 1 rings (SSSR count). The number of aliphatic carboxylic acids is 1. The van der Waals surface area contributed by atoms with Crippen LogP contribution in [0.25, 0.3) is 0 Å². The third-order valence-electron chi connectivity index (χ3n) is 4.95. The molecule has 25 heavy (non-hydrogen) atoms. The zero-order valence-corrected chi connectivity index (χ0v) is 16.1. The second kappa shape index (κ2) is 16.2. The van der Waals surface area contributed by atoms with Crippen LogP contribution >= 0.6 is 0 Å². The van der Waals surface area contributed by atoms with Gasteiger partial charge in [-0.15, -0.1) is 0 Å². The SMILES string of the molecule is O=C(O)CCCCCCCCCCCCCCCCc1ccccc1. The summed E-state index contributed by atoms with van der Waals surface area (Å²) in [7, 11) is 0. The topological polar surface area (TPSA) is 37.3 Å². The third-order valence-corrected chi connectivity index (χ3v) is 4.95. The maximum Gasteiger partial charge on any atom is 0.303 e. The van der Waals surface area contributed by atoms with Crippen molar-refractivity contribution in [2.75, 3.05) is 0 Å². The molecule has 0 spiro atoms. The van der Waals surface area contributed by atoms with Gasteiger partial charge in [-0.2, -0.15) is 0 Å². The molecule has 142 valence electrons. The number of carboxylic acids is 1. The predicted molar refractivity (Wildman–Crippen MR) is 107 cm³/mol. The highest BCUT2D eigenvalue weighted by Gasteiger charge is 1.97. The van der Waals surface area contributed by atoms with Crippen molar-refractivity contribution in [1.29, 1.82) is 0 Å². The van der Waals surface area contributed by atoms with Gasteiger partial charge >= 0.3 is 5.97 Å². The van der Waals surface area contributed by atoms with E-state index in [-0.39, 0.29) is 0 Å². The van der Waals surface area contributed by atoms with Crippen LogP contribution in [0.1, 0.15) is 102 Å². The maximum absolute atomic E-state index is 10.4. The minimum Gasteiger partial charge on any atom is -0.481 e. The van der Waals surface area contributed by atoms with Gasteiger partial charge in [0.15, 0.2) is 0 Å². The van der Waals surface area contributed by atoms with Crippen molar-refractivity contribution in [2.45, 2.75) is 103 Å². The van der Waals surface area contributed by atoms with E-state index in [1.165, 1.54) is 89.0 Å². The lowest BCUT2D eigenvalue weighted by atomic mass is 10.0. The molecule has 0 saturated carbocycles. The van der Waals surface area contributed by atoms with Crippen molar-refractivity contribution in [3.05, 3.63) is 35.9 Å². The first-order valence-electron chi connectivity index (χ1n) is 10.5. The quantitative estimate of drug-likeness (QED) is 0.304. The van der Waals surface area contributed by atoms with Crippen molar-refractivity contribution in [3.8, 4) is 0 Å². The first-order valence-corrected chi connectivity index (χ1v) is 10.5. The largest absolute Gasteiger partial charge is 0.481 e. The Labute approximate surface area is 155 Å². The number of hydrogen-bond donors (Lipinski definition) is 1. The van der Waals surface area contributed by atoms with Crippen molar-refractivity contribution >= 4 is 5.97 Å². The van der Waals surface area contributed by atoms with E-state index in [9.17, 15) is 4.79 Å². The Kier molecular flexibility index (Phi) is 14.1. The van der Waals surface area contributed by atoms with Crippen molar-refractivity contribution in [2.24, 2.45) is 0 Å². The van der Waals surface area contributed by atoms with E-state index >= 15 is 0 Å². The lowest BCUT2D eigenvalue weighted by Crippen LogP contribution is -1.93. The molecule has 0 radical (unpaired) electrons. The molecule has 0 saturated heterocycles. The number of aryl methyl sites for hydroxylation is 1. The number of unbranched alkanes of at least 4 members (excludes halogenated alkanes) is 13. The Morgan fingerprint density at radius 1 is 0.600 bits per heavy atom. The van der Waals surface area contributed by atoms with Gasteiger partial charge in [0, 0.05) is 6.42 Å². The first kappa shape index (κ1) is 21.7. The molecule has 0 unspecified atom stereocenters. The average Bonchev–Trinajstić information content (AvgIpc) is 2.62. The summed E-state index contributed by atoms with van der Waals surface area (Å²) in [5.41, 5.74) is 1.48. The molecule has 0 aliphatic rings. The fourth-order valence-electron chi connectivity index (χ4n) is 3.37. The van der Waals surface area contributed by atoms with E-state index in [0.717, 1.165) is 12.8 Å². The van der Waals surface area contributed by atoms with Gasteiger partial charge in [-0.25, -0.2) is 0 Å². The van der Waals surface area contributed by atoms with Crippen LogP contribution in [0.15, 0.2) is 30.3 Å². The molecule has 2 nitrogen and oxygen atoms in total. The van der Waals surface area contributed by atoms with Gasteiger partial charge in [-0.05, 0) is 24.8 Å². The summed E-state index contributed by atoms with van der Waals surface area (Å²) < 4.78 is 0. The van der Waals surface area contributed by atoms with Gasteiger partial charge in [0.25, 0.3) is 0 Å². The minimum absolute atomic E-state index is 0.340. The van der Waals surface area contributed by atoms with Crippen molar-refractivity contribution in [3.63, 3.8) is 0 Å². The molecule has 0 aliphatic carbocycles. The number of carboxylic acid groups (broad SMARTS) is 1. The van der Waals surface area contributed by atoms with Crippen LogP contribution in [-0.2, 0) is 11.2 Å². The molecular formula is C23H38O2. The van der Waals surface area contributed by atoms with E-state index < -0.39 is 5.97 Å². The molecule has 0 amide bonds. The van der Waals surface area contributed by atoms with Crippen LogP contribution < -0.4 is 0 Å². The van der Waals surface area contributed by atoms with Gasteiger partial charge in [0.1, 0.15) is 0 Å². The monoisotopic (exact) mass is 346 g/mol. The standard InChI is InChI=1S/C23H38O2/c24-23(25)21-17-12-10-8-6-4-2-1-3-5-7-9-11-14-18-22-19-15-13-16-20-22/h13,15-16,19-20H,1-12,14,17-18,21H2,(H,24,25). The summed E-state index contributed by atoms with van der Waals surface area (Å²) in [6, 6.07) is 10.8. The zero-order chi connectivity index (χ0) is 18.0. The number of hydrogen-bond acceptors (Lipinski definition) is 1. The highest BCUT2D eigenvalue weighted by atomic mass is 16.4. The molecule has 1 aromatic rings. The molecule has 2 heteroatoms. The van der Waals surface area contributed by atoms with Gasteiger partial charge in [-0.1, -0.05) is 107 Å². The van der Waals surface area contributed by atoms with E-state index in [0.29, 0.717) is 6.42 Å². The summed E-state index contributed by atoms with van der Waals surface area (Å²) in [6.07, 6.45) is 19.7. The molecule has 0 bridgehead atoms. The van der Waals surface area contributed by atoms with Crippen LogP contribution in [0, 0.1) is 0 Å². The predicted octanol–water partition coefficient (Wildman–Crippen LogP) is 7.17. The average molecular weight is 347 g/mol. The maximum atomic E-state index is 10.4. The highest BCUT2D eigenvalue weighted by molar-refractivity contribution is 5.66. The molecule has 0 heterocycles. The van der Waals surface area contributed by atoms with Crippen molar-refractivity contribution in [1.82, 2.24) is 0 Å². The second-order valence-electron chi connectivity index (χ2n) is 7.33. The van der Waals surface area contributed by atoms with Crippen LogP contribution in [0.3, 0.4) is 0 Å². The smallest absolute Gasteiger partial charge is 0.303 e. The summed E-state index contributed by atoms with van der Waals surface area (Å²) in [6.45, 7) is 0. The molecule has 0 aliphatic heterocycles. The van der Waals surface area contributed by atoms with E-state index in [1.807, 2.05) is 0 Å². The second-order valence-corrected chi connectivity index (χ2v) is 7.33. The molecular weight excluding hydrogens is 308 g/mol. The Morgan fingerprint density at radius 2 is 1.00 bits per heavy atom. The lowest BCUT2D eigenvalue weighted by Gasteiger charge is -2.04. The van der Waals surface area contributed by atoms with Crippen LogP contribution in [0.5, 0.6) is 0 Å². The first-order chi connectivity index (χ1) is 12.3. The van der Waals surface area contributed by atoms with Gasteiger partial charge in [0.2, 0.25) is 0 Å². The van der Waals surface area contributed by atoms with Crippen LogP contribution in [-0.4, -0.2) is 11.1 Å². The molecule has 1 aromatic carbocycles. The van der Waals surface area contributed by atoms with E-state index in [4.69, 9.17) is 5.11 Å². The van der Waals surface area contributed by atoms with Gasteiger partial charge in [-0.3, -0.25) is 4.79 Å². The van der Waals surface area contributed by atoms with Crippen LogP contribution in [0.4, 0.5) is 0 Å². The Bertz CT molecular complexity index is 413. The minimum atomic E-state index is -0.656. The molecule has 0 atom stereocenters. The summed E-state index contributed by atoms with van der Waals surface area (Å²) in [4.78, 5) is 10.4. The molecule has 0 fully saturated rings. The Hall–Kier alpha value is -1.31. The zero-order valence-electron chi connectivity index (χ0n) is 16.1. The molecule has 0 aromatic heterocycles. The van der Waals surface area contributed by atoms with Crippen LogP contribution in [0.2, 0.25) is 0 Å². The fourth-order valence-corrected chi connectivity index (χ4v) is 3.37. The highest BCUT2D eigenvalue weighted by Crippen LogP contribution is 2.14. The Morgan fingerprint density at radius 3 is 1.44 bits per heavy atom. The lowest BCUT2D eigenvalue weighted by molar-refractivity contribution is -0.137. The summed E-state index contributed by atoms with van der Waals surface area (Å²) in [5, 5.41) is 8.56. The molecule has 1 N–H and O–H groups in total. The number of benzene rings is 1. The summed E-state index contributed by atoms with van der Waals surface area (Å²) in [5.74, 6) is -0.656. The Balaban J connectivity index is 1.71. The van der Waals surface area contributed by atoms with E-state index in [1.54, 1.807) is 0 Å². The van der Waals surface area contributed by atoms with Crippen molar-refractivity contribution < 1.29 is 9.90 Å². The van der Waals surface area contributed by atoms with E-state index in [2.05, 4.69) is 30.3 Å². The number of carbonyl (C=O) groups is 1. The van der Waals surface area contributed by atoms with Gasteiger partial charge in [0.05, 0.1) is 0 Å². The van der Waals surface area contributed by atoms with Gasteiger partial charge < -0.3 is 5.11 Å². The summed E-state index contributed by atoms with van der Waals surface area (Å²) >= 11 is 0. The fraction of sp³-hybridized carbons (Fsp3) is 0.696. The normalized spacial score (nSPS) is 10.9.